The Morgan fingerprint density at radius 2 is 1.87 bits per heavy atom. The molecule has 0 radical (unpaired) electrons. The molecule has 30 heavy (non-hydrogen) atoms. The fourth-order valence-electron chi connectivity index (χ4n) is 5.67. The highest BCUT2D eigenvalue weighted by Gasteiger charge is 2.58. The molecule has 2 aliphatic carbocycles. The number of nitrogens with zero attached hydrogens (tertiary/aromatic N) is 2. The Morgan fingerprint density at radius 1 is 1.13 bits per heavy atom. The molecule has 0 bridgehead atoms. The van der Waals surface area contributed by atoms with Crippen LogP contribution in [0.4, 0.5) is 4.39 Å². The Balaban J connectivity index is 1.42. The van der Waals surface area contributed by atoms with Gasteiger partial charge < -0.3 is 4.90 Å². The average molecular weight is 403 g/mol. The summed E-state index contributed by atoms with van der Waals surface area (Å²) in [7, 11) is 0. The van der Waals surface area contributed by atoms with Crippen molar-refractivity contribution in [2.45, 2.75) is 51.5 Å². The predicted molar refractivity (Wildman–Crippen MR) is 114 cm³/mol. The highest BCUT2D eigenvalue weighted by atomic mass is 19.1. The molecule has 154 valence electrons. The molecular weight excluding hydrogens is 375 g/mol. The lowest BCUT2D eigenvalue weighted by atomic mass is 9.62. The zero-order valence-electron chi connectivity index (χ0n) is 17.4. The van der Waals surface area contributed by atoms with E-state index in [1.165, 1.54) is 0 Å². The van der Waals surface area contributed by atoms with Crippen molar-refractivity contribution in [3.63, 3.8) is 0 Å². The van der Waals surface area contributed by atoms with Crippen LogP contribution in [-0.2, 0) is 11.2 Å². The molecule has 1 saturated heterocycles. The van der Waals surface area contributed by atoms with E-state index in [4.69, 9.17) is 0 Å². The summed E-state index contributed by atoms with van der Waals surface area (Å²) in [5, 5.41) is 9.76. The van der Waals surface area contributed by atoms with Crippen molar-refractivity contribution in [3.05, 3.63) is 59.9 Å². The lowest BCUT2D eigenvalue weighted by Gasteiger charge is -2.43. The summed E-state index contributed by atoms with van der Waals surface area (Å²) in [4.78, 5) is 15.4. The molecule has 2 saturated carbocycles. The van der Waals surface area contributed by atoms with Crippen molar-refractivity contribution in [3.8, 4) is 17.2 Å². The lowest BCUT2D eigenvalue weighted by molar-refractivity contribution is -0.146. The molecule has 1 heterocycles. The topological polar surface area (TPSA) is 44.1 Å². The summed E-state index contributed by atoms with van der Waals surface area (Å²) in [5.74, 6) is 0.209. The van der Waals surface area contributed by atoms with E-state index >= 15 is 4.39 Å². The SMILES string of the molecule is CC1CC(C#N)(C(=O)N2CC3(CC3)C[C@@H]2Cc2cccc(-c3ccccc3)c2F)C1. The number of amides is 1. The molecule has 2 aromatic rings. The molecule has 0 N–H and O–H groups in total. The van der Waals surface area contributed by atoms with Gasteiger partial charge in [0.2, 0.25) is 5.91 Å². The number of benzene rings is 2. The molecule has 3 nitrogen and oxygen atoms in total. The predicted octanol–water partition coefficient (Wildman–Crippen LogP) is 5.36. The second-order valence-corrected chi connectivity index (χ2v) is 9.85. The second-order valence-electron chi connectivity index (χ2n) is 9.85. The Bertz CT molecular complexity index is 1020. The number of nitriles is 1. The van der Waals surface area contributed by atoms with Crippen molar-refractivity contribution in [2.24, 2.45) is 16.7 Å². The third kappa shape index (κ3) is 3.12. The third-order valence-electron chi connectivity index (χ3n) is 7.47. The number of hydrogen-bond donors (Lipinski definition) is 0. The normalized spacial score (nSPS) is 28.8. The van der Waals surface area contributed by atoms with Crippen LogP contribution in [0, 0.1) is 33.9 Å². The lowest BCUT2D eigenvalue weighted by Crippen LogP contribution is -2.52. The van der Waals surface area contributed by atoms with Crippen LogP contribution in [0.3, 0.4) is 0 Å². The fourth-order valence-corrected chi connectivity index (χ4v) is 5.67. The molecule has 0 aromatic heterocycles. The van der Waals surface area contributed by atoms with Crippen LogP contribution in [0.25, 0.3) is 11.1 Å². The van der Waals surface area contributed by atoms with Crippen molar-refractivity contribution in [1.29, 1.82) is 5.26 Å². The fraction of sp³-hybridized carbons (Fsp3) is 0.462. The minimum absolute atomic E-state index is 0.0171. The summed E-state index contributed by atoms with van der Waals surface area (Å²) in [5.41, 5.74) is 1.47. The van der Waals surface area contributed by atoms with Gasteiger partial charge in [0.15, 0.2) is 0 Å². The van der Waals surface area contributed by atoms with E-state index in [1.54, 1.807) is 0 Å². The zero-order valence-corrected chi connectivity index (χ0v) is 17.4. The monoisotopic (exact) mass is 402 g/mol. The van der Waals surface area contributed by atoms with Gasteiger partial charge in [-0.2, -0.15) is 5.26 Å². The maximum atomic E-state index is 15.4. The number of rotatable bonds is 4. The van der Waals surface area contributed by atoms with E-state index in [2.05, 4.69) is 13.0 Å². The smallest absolute Gasteiger partial charge is 0.243 e. The molecule has 1 spiro atoms. The van der Waals surface area contributed by atoms with Gasteiger partial charge in [-0.15, -0.1) is 0 Å². The molecule has 4 heteroatoms. The average Bonchev–Trinajstić information content (AvgIpc) is 3.39. The van der Waals surface area contributed by atoms with E-state index in [9.17, 15) is 10.1 Å². The molecule has 1 amide bonds. The van der Waals surface area contributed by atoms with E-state index in [0.717, 1.165) is 31.4 Å². The number of halogens is 1. The molecule has 3 fully saturated rings. The second kappa shape index (κ2) is 6.94. The van der Waals surface area contributed by atoms with Crippen LogP contribution in [0.1, 0.15) is 44.6 Å². The van der Waals surface area contributed by atoms with Gasteiger partial charge in [-0.25, -0.2) is 4.39 Å². The van der Waals surface area contributed by atoms with Gasteiger partial charge in [-0.3, -0.25) is 4.79 Å². The Kier molecular flexibility index (Phi) is 4.47. The number of likely N-dealkylation sites (tertiary alicyclic amines) is 1. The van der Waals surface area contributed by atoms with Crippen LogP contribution in [0.15, 0.2) is 48.5 Å². The van der Waals surface area contributed by atoms with Gasteiger partial charge in [0, 0.05) is 18.2 Å². The summed E-state index contributed by atoms with van der Waals surface area (Å²) >= 11 is 0. The summed E-state index contributed by atoms with van der Waals surface area (Å²) in [6.45, 7) is 2.82. The Labute approximate surface area is 177 Å². The van der Waals surface area contributed by atoms with Gasteiger partial charge in [-0.05, 0) is 61.0 Å². The van der Waals surface area contributed by atoms with Crippen molar-refractivity contribution < 1.29 is 9.18 Å². The number of carbonyl (C=O) groups is 1. The highest BCUT2D eigenvalue weighted by molar-refractivity contribution is 5.87. The summed E-state index contributed by atoms with van der Waals surface area (Å²) < 4.78 is 15.4. The van der Waals surface area contributed by atoms with Crippen LogP contribution < -0.4 is 0 Å². The van der Waals surface area contributed by atoms with Crippen LogP contribution in [0.2, 0.25) is 0 Å². The maximum Gasteiger partial charge on any atom is 0.243 e. The highest BCUT2D eigenvalue weighted by Crippen LogP contribution is 2.57. The van der Waals surface area contributed by atoms with Crippen LogP contribution >= 0.6 is 0 Å². The summed E-state index contributed by atoms with van der Waals surface area (Å²) in [6, 6.07) is 17.4. The van der Waals surface area contributed by atoms with Gasteiger partial charge in [0.05, 0.1) is 6.07 Å². The molecule has 5 rings (SSSR count). The largest absolute Gasteiger partial charge is 0.337 e. The molecule has 1 aliphatic heterocycles. The van der Waals surface area contributed by atoms with Gasteiger partial charge in [-0.1, -0.05) is 55.5 Å². The maximum absolute atomic E-state index is 15.4. The Morgan fingerprint density at radius 3 is 2.50 bits per heavy atom. The molecule has 2 aromatic carbocycles. The first kappa shape index (κ1) is 19.3. The standard InChI is InChI=1S/C26H27FN2O/c1-18-13-26(14-18,16-28)24(30)29-17-25(10-11-25)15-21(29)12-20-8-5-9-22(23(20)27)19-6-3-2-4-7-19/h2-9,18,21H,10-15,17H2,1H3/t18?,21-,26?/m0/s1. The number of hydrogen-bond acceptors (Lipinski definition) is 2. The summed E-state index contributed by atoms with van der Waals surface area (Å²) in [6.07, 6.45) is 5.00. The molecule has 3 aliphatic rings. The van der Waals surface area contributed by atoms with Crippen LogP contribution in [0.5, 0.6) is 0 Å². The molecular formula is C26H27FN2O. The third-order valence-corrected chi connectivity index (χ3v) is 7.47. The van der Waals surface area contributed by atoms with Gasteiger partial charge in [0.1, 0.15) is 11.2 Å². The minimum atomic E-state index is -0.859. The van der Waals surface area contributed by atoms with E-state index in [1.807, 2.05) is 53.4 Å². The first-order valence-electron chi connectivity index (χ1n) is 11.0. The van der Waals surface area contributed by atoms with E-state index < -0.39 is 5.41 Å². The van der Waals surface area contributed by atoms with E-state index in [0.29, 0.717) is 36.3 Å². The quantitative estimate of drug-likeness (QED) is 0.691. The minimum Gasteiger partial charge on any atom is -0.337 e. The first-order valence-corrected chi connectivity index (χ1v) is 11.0. The Hall–Kier alpha value is -2.67. The number of carbonyl (C=O) groups excluding carboxylic acids is 1. The van der Waals surface area contributed by atoms with Crippen molar-refractivity contribution in [2.75, 3.05) is 6.54 Å². The van der Waals surface area contributed by atoms with Crippen molar-refractivity contribution in [1.82, 2.24) is 4.90 Å². The van der Waals surface area contributed by atoms with Crippen LogP contribution in [-0.4, -0.2) is 23.4 Å². The van der Waals surface area contributed by atoms with Gasteiger partial charge >= 0.3 is 0 Å². The zero-order chi connectivity index (χ0) is 20.9. The molecule has 0 unspecified atom stereocenters. The van der Waals surface area contributed by atoms with E-state index in [-0.39, 0.29) is 23.2 Å². The first-order chi connectivity index (χ1) is 14.5. The molecule has 1 atom stereocenters. The van der Waals surface area contributed by atoms with Crippen molar-refractivity contribution >= 4 is 5.91 Å². The van der Waals surface area contributed by atoms with Gasteiger partial charge in [0.25, 0.3) is 0 Å².